The van der Waals surface area contributed by atoms with Gasteiger partial charge in [-0.15, -0.1) is 0 Å². The molecule has 6 nitrogen and oxygen atoms in total. The van der Waals surface area contributed by atoms with E-state index < -0.39 is 0 Å². The summed E-state index contributed by atoms with van der Waals surface area (Å²) in [5.41, 5.74) is 4.79. The Bertz CT molecular complexity index is 1130. The van der Waals surface area contributed by atoms with Crippen molar-refractivity contribution in [2.75, 3.05) is 0 Å². The van der Waals surface area contributed by atoms with Crippen LogP contribution in [0.3, 0.4) is 0 Å². The van der Waals surface area contributed by atoms with Crippen LogP contribution in [0.4, 0.5) is 0 Å². The fraction of sp³-hybridized carbons (Fsp3) is 0.261. The molecule has 2 aromatic carbocycles. The first-order valence-electron chi connectivity index (χ1n) is 9.70. The largest absolute Gasteiger partial charge is 0.351 e. The maximum Gasteiger partial charge on any atom is 0.268 e. The molecule has 4 aromatic rings. The van der Waals surface area contributed by atoms with Crippen LogP contribution in [0.1, 0.15) is 55.4 Å². The van der Waals surface area contributed by atoms with Gasteiger partial charge in [0.15, 0.2) is 0 Å². The molecule has 2 N–H and O–H groups in total. The summed E-state index contributed by atoms with van der Waals surface area (Å²) in [6.07, 6.45) is 3.16. The summed E-state index contributed by atoms with van der Waals surface area (Å²) in [6, 6.07) is 16.0. The van der Waals surface area contributed by atoms with Crippen molar-refractivity contribution in [3.63, 3.8) is 0 Å². The molecular formula is C23H25N5O. The summed E-state index contributed by atoms with van der Waals surface area (Å²) in [7, 11) is 0. The van der Waals surface area contributed by atoms with E-state index in [0.717, 1.165) is 22.2 Å². The van der Waals surface area contributed by atoms with E-state index in [1.165, 1.54) is 11.9 Å². The minimum absolute atomic E-state index is 0.0641. The van der Waals surface area contributed by atoms with Gasteiger partial charge in [-0.1, -0.05) is 45.0 Å². The third-order valence-electron chi connectivity index (χ3n) is 5.16. The zero-order valence-electron chi connectivity index (χ0n) is 17.1. The average Bonchev–Trinajstić information content (AvgIpc) is 3.36. The topological polar surface area (TPSA) is 75.6 Å². The second-order valence-corrected chi connectivity index (χ2v) is 8.36. The predicted molar refractivity (Wildman–Crippen MR) is 114 cm³/mol. The third kappa shape index (κ3) is 3.92. The Morgan fingerprint density at radius 3 is 2.52 bits per heavy atom. The Hall–Kier alpha value is -3.41. The van der Waals surface area contributed by atoms with Crippen LogP contribution in [0.15, 0.2) is 61.2 Å². The standard InChI is InChI=1S/C23H25N5O/c1-15(16-6-9-19(10-7-16)28-14-24-13-25-28)26-22(29)21-11-17-5-8-18(23(2,3)4)12-20(17)27-21/h5-15,27H,1-4H3,(H,26,29). The Morgan fingerprint density at radius 2 is 1.86 bits per heavy atom. The Balaban J connectivity index is 1.49. The van der Waals surface area contributed by atoms with Crippen molar-refractivity contribution in [3.8, 4) is 5.69 Å². The molecule has 1 amide bonds. The zero-order valence-corrected chi connectivity index (χ0v) is 17.1. The number of aromatic amines is 1. The minimum atomic E-state index is -0.121. The van der Waals surface area contributed by atoms with Crippen molar-refractivity contribution in [2.45, 2.75) is 39.2 Å². The number of hydrogen-bond donors (Lipinski definition) is 2. The van der Waals surface area contributed by atoms with Crippen LogP contribution in [-0.2, 0) is 5.41 Å². The highest BCUT2D eigenvalue weighted by molar-refractivity contribution is 5.98. The van der Waals surface area contributed by atoms with Crippen molar-refractivity contribution in [3.05, 3.63) is 78.0 Å². The number of H-pyrrole nitrogens is 1. The van der Waals surface area contributed by atoms with Crippen molar-refractivity contribution >= 4 is 16.8 Å². The van der Waals surface area contributed by atoms with Crippen LogP contribution in [-0.4, -0.2) is 25.7 Å². The number of benzene rings is 2. The van der Waals surface area contributed by atoms with Crippen LogP contribution in [0, 0.1) is 0 Å². The monoisotopic (exact) mass is 387 g/mol. The van der Waals surface area contributed by atoms with Gasteiger partial charge < -0.3 is 10.3 Å². The lowest BCUT2D eigenvalue weighted by atomic mass is 9.87. The fourth-order valence-electron chi connectivity index (χ4n) is 3.33. The molecule has 1 unspecified atom stereocenters. The van der Waals surface area contributed by atoms with Gasteiger partial charge in [0.25, 0.3) is 5.91 Å². The first kappa shape index (κ1) is 18.9. The van der Waals surface area contributed by atoms with Crippen molar-refractivity contribution in [1.82, 2.24) is 25.1 Å². The molecule has 0 aliphatic carbocycles. The predicted octanol–water partition coefficient (Wildman–Crippen LogP) is 4.54. The van der Waals surface area contributed by atoms with Crippen LogP contribution in [0.2, 0.25) is 0 Å². The van der Waals surface area contributed by atoms with Gasteiger partial charge in [-0.05, 0) is 47.7 Å². The minimum Gasteiger partial charge on any atom is -0.351 e. The van der Waals surface area contributed by atoms with Crippen LogP contribution in [0.5, 0.6) is 0 Å². The number of nitrogens with zero attached hydrogens (tertiary/aromatic N) is 3. The molecule has 0 aliphatic rings. The molecular weight excluding hydrogens is 362 g/mol. The molecule has 2 heterocycles. The number of carbonyl (C=O) groups excluding carboxylic acids is 1. The second-order valence-electron chi connectivity index (χ2n) is 8.36. The summed E-state index contributed by atoms with van der Waals surface area (Å²) >= 11 is 0. The van der Waals surface area contributed by atoms with Gasteiger partial charge in [0, 0.05) is 10.9 Å². The van der Waals surface area contributed by atoms with E-state index in [9.17, 15) is 4.79 Å². The molecule has 2 aromatic heterocycles. The molecule has 29 heavy (non-hydrogen) atoms. The van der Waals surface area contributed by atoms with E-state index in [-0.39, 0.29) is 17.4 Å². The maximum absolute atomic E-state index is 12.8. The molecule has 0 saturated carbocycles. The van der Waals surface area contributed by atoms with E-state index in [1.807, 2.05) is 37.3 Å². The van der Waals surface area contributed by atoms with Gasteiger partial charge in [0.1, 0.15) is 18.3 Å². The number of nitrogens with one attached hydrogen (secondary N) is 2. The highest BCUT2D eigenvalue weighted by atomic mass is 16.1. The van der Waals surface area contributed by atoms with Gasteiger partial charge >= 0.3 is 0 Å². The molecule has 0 aliphatic heterocycles. The molecule has 6 heteroatoms. The van der Waals surface area contributed by atoms with E-state index in [0.29, 0.717) is 5.69 Å². The quantitative estimate of drug-likeness (QED) is 0.540. The van der Waals surface area contributed by atoms with Gasteiger partial charge in [-0.2, -0.15) is 5.10 Å². The van der Waals surface area contributed by atoms with Crippen molar-refractivity contribution < 1.29 is 4.79 Å². The molecule has 0 bridgehead atoms. The molecule has 4 rings (SSSR count). The van der Waals surface area contributed by atoms with Gasteiger partial charge in [-0.25, -0.2) is 9.67 Å². The summed E-state index contributed by atoms with van der Waals surface area (Å²) < 4.78 is 1.70. The Labute approximate surface area is 170 Å². The molecule has 1 atom stereocenters. The number of aromatic nitrogens is 4. The summed E-state index contributed by atoms with van der Waals surface area (Å²) in [5.74, 6) is -0.119. The van der Waals surface area contributed by atoms with Crippen LogP contribution < -0.4 is 5.32 Å². The first-order chi connectivity index (χ1) is 13.8. The Morgan fingerprint density at radius 1 is 1.10 bits per heavy atom. The summed E-state index contributed by atoms with van der Waals surface area (Å²) in [6.45, 7) is 8.52. The highest BCUT2D eigenvalue weighted by Crippen LogP contribution is 2.26. The van der Waals surface area contributed by atoms with Crippen molar-refractivity contribution in [1.29, 1.82) is 0 Å². The molecule has 0 saturated heterocycles. The smallest absolute Gasteiger partial charge is 0.268 e. The lowest BCUT2D eigenvalue weighted by Gasteiger charge is -2.18. The molecule has 0 radical (unpaired) electrons. The number of fused-ring (bicyclic) bond motifs is 1. The summed E-state index contributed by atoms with van der Waals surface area (Å²) in [5, 5.41) is 8.23. The average molecular weight is 387 g/mol. The van der Waals surface area contributed by atoms with Gasteiger partial charge in [-0.3, -0.25) is 4.79 Å². The zero-order chi connectivity index (χ0) is 20.6. The SMILES string of the molecule is CC(NC(=O)c1cc2ccc(C(C)(C)C)cc2[nH]1)c1ccc(-n2cncn2)cc1. The molecule has 0 spiro atoms. The van der Waals surface area contributed by atoms with Crippen LogP contribution >= 0.6 is 0 Å². The lowest BCUT2D eigenvalue weighted by Crippen LogP contribution is -2.26. The number of rotatable bonds is 4. The van der Waals surface area contributed by atoms with E-state index in [4.69, 9.17) is 0 Å². The third-order valence-corrected chi connectivity index (χ3v) is 5.16. The van der Waals surface area contributed by atoms with Gasteiger partial charge in [0.2, 0.25) is 0 Å². The number of amides is 1. The van der Waals surface area contributed by atoms with E-state index in [2.05, 4.69) is 59.4 Å². The summed E-state index contributed by atoms with van der Waals surface area (Å²) in [4.78, 5) is 20.0. The second kappa shape index (κ2) is 7.20. The fourth-order valence-corrected chi connectivity index (χ4v) is 3.33. The normalized spacial score (nSPS) is 12.8. The Kier molecular flexibility index (Phi) is 4.70. The van der Waals surface area contributed by atoms with Crippen molar-refractivity contribution in [2.24, 2.45) is 0 Å². The number of carbonyl (C=O) groups is 1. The molecule has 148 valence electrons. The highest BCUT2D eigenvalue weighted by Gasteiger charge is 2.17. The van der Waals surface area contributed by atoms with Crippen LogP contribution in [0.25, 0.3) is 16.6 Å². The maximum atomic E-state index is 12.8. The molecule has 0 fully saturated rings. The van der Waals surface area contributed by atoms with E-state index >= 15 is 0 Å². The first-order valence-corrected chi connectivity index (χ1v) is 9.70. The number of hydrogen-bond acceptors (Lipinski definition) is 3. The van der Waals surface area contributed by atoms with Gasteiger partial charge in [0.05, 0.1) is 11.7 Å². The van der Waals surface area contributed by atoms with E-state index in [1.54, 1.807) is 11.0 Å². The lowest BCUT2D eigenvalue weighted by molar-refractivity contribution is 0.0935.